The lowest BCUT2D eigenvalue weighted by atomic mass is 10.1. The van der Waals surface area contributed by atoms with Gasteiger partial charge in [0.25, 0.3) is 0 Å². The molecule has 0 atom stereocenters. The average molecular weight is 551 g/mol. The first-order chi connectivity index (χ1) is 15.9. The number of esters is 1. The molecule has 0 aliphatic heterocycles. The molecular formula is C25H22BrClFNO3S. The Balaban J connectivity index is 1.96. The number of ether oxygens (including phenoxy) is 2. The van der Waals surface area contributed by atoms with Crippen LogP contribution in [-0.4, -0.2) is 19.7 Å². The first-order valence-corrected chi connectivity index (χ1v) is 12.2. The van der Waals surface area contributed by atoms with Gasteiger partial charge in [-0.15, -0.1) is 11.8 Å². The molecule has 3 aromatic rings. The van der Waals surface area contributed by atoms with Crippen LogP contribution in [0.1, 0.15) is 18.1 Å². The van der Waals surface area contributed by atoms with E-state index in [0.29, 0.717) is 42.8 Å². The predicted octanol–water partition coefficient (Wildman–Crippen LogP) is 7.86. The van der Waals surface area contributed by atoms with Gasteiger partial charge in [-0.3, -0.25) is 0 Å². The van der Waals surface area contributed by atoms with Crippen LogP contribution in [0.2, 0.25) is 5.02 Å². The van der Waals surface area contributed by atoms with Crippen molar-refractivity contribution in [2.75, 3.05) is 19.0 Å². The second-order valence-corrected chi connectivity index (χ2v) is 9.10. The number of carbonyl (C=O) groups excluding carboxylic acids is 1. The quantitative estimate of drug-likeness (QED) is 0.167. The number of anilines is 2. The van der Waals surface area contributed by atoms with E-state index < -0.39 is 5.97 Å². The number of hydrogen-bond acceptors (Lipinski definition) is 5. The Bertz CT molecular complexity index is 1160. The van der Waals surface area contributed by atoms with Crippen molar-refractivity contribution in [3.05, 3.63) is 87.1 Å². The minimum absolute atomic E-state index is 0.268. The molecule has 0 aliphatic rings. The molecule has 0 heterocycles. The van der Waals surface area contributed by atoms with Crippen LogP contribution >= 0.6 is 39.3 Å². The summed E-state index contributed by atoms with van der Waals surface area (Å²) in [6.45, 7) is 2.00. The largest absolute Gasteiger partial charge is 0.495 e. The highest BCUT2D eigenvalue weighted by molar-refractivity contribution is 9.10. The zero-order valence-corrected chi connectivity index (χ0v) is 21.2. The standard InChI is InChI=1S/C25H22BrClFNO3S/c1-3-32-25(30)10-9-17-11-24(33-15-16-7-5-4-6-8-16)20(28)14-21(17)29-22-13-19(27)18(26)12-23(22)31-2/h4-14,29H,3,15H2,1-2H3/b10-9+. The highest BCUT2D eigenvalue weighted by Gasteiger charge is 2.14. The molecule has 4 nitrogen and oxygen atoms in total. The van der Waals surface area contributed by atoms with Gasteiger partial charge in [0.2, 0.25) is 0 Å². The maximum atomic E-state index is 15.0. The summed E-state index contributed by atoms with van der Waals surface area (Å²) < 4.78 is 26.1. The van der Waals surface area contributed by atoms with Gasteiger partial charge in [0, 0.05) is 26.9 Å². The maximum Gasteiger partial charge on any atom is 0.330 e. The van der Waals surface area contributed by atoms with Gasteiger partial charge < -0.3 is 14.8 Å². The minimum Gasteiger partial charge on any atom is -0.495 e. The summed E-state index contributed by atoms with van der Waals surface area (Å²) in [6, 6.07) is 16.3. The molecule has 0 fully saturated rings. The van der Waals surface area contributed by atoms with Crippen LogP contribution in [0.15, 0.2) is 70.0 Å². The molecule has 0 aliphatic carbocycles. The van der Waals surface area contributed by atoms with Crippen molar-refractivity contribution >= 4 is 62.7 Å². The van der Waals surface area contributed by atoms with Crippen LogP contribution in [0.4, 0.5) is 15.8 Å². The summed E-state index contributed by atoms with van der Waals surface area (Å²) in [6.07, 6.45) is 2.92. The molecule has 0 saturated carbocycles. The molecule has 0 spiro atoms. The smallest absolute Gasteiger partial charge is 0.330 e. The minimum atomic E-state index is -0.476. The molecule has 8 heteroatoms. The van der Waals surface area contributed by atoms with E-state index in [1.807, 2.05) is 30.3 Å². The van der Waals surface area contributed by atoms with Gasteiger partial charge in [-0.05, 0) is 64.3 Å². The first-order valence-electron chi connectivity index (χ1n) is 10.1. The zero-order chi connectivity index (χ0) is 23.8. The number of rotatable bonds is 9. The van der Waals surface area contributed by atoms with Crippen LogP contribution in [0, 0.1) is 5.82 Å². The van der Waals surface area contributed by atoms with Crippen LogP contribution in [-0.2, 0) is 15.3 Å². The van der Waals surface area contributed by atoms with Crippen LogP contribution in [0.25, 0.3) is 6.08 Å². The fourth-order valence-electron chi connectivity index (χ4n) is 2.95. The first kappa shape index (κ1) is 25.1. The van der Waals surface area contributed by atoms with Crippen molar-refractivity contribution in [1.82, 2.24) is 0 Å². The summed E-state index contributed by atoms with van der Waals surface area (Å²) in [7, 11) is 1.53. The molecule has 0 amide bonds. The summed E-state index contributed by atoms with van der Waals surface area (Å²) in [5.41, 5.74) is 2.71. The highest BCUT2D eigenvalue weighted by atomic mass is 79.9. The van der Waals surface area contributed by atoms with Gasteiger partial charge in [-0.1, -0.05) is 41.9 Å². The molecule has 1 N–H and O–H groups in total. The van der Waals surface area contributed by atoms with Gasteiger partial charge in [0.1, 0.15) is 11.6 Å². The highest BCUT2D eigenvalue weighted by Crippen LogP contribution is 2.38. The maximum absolute atomic E-state index is 15.0. The molecule has 0 unspecified atom stereocenters. The van der Waals surface area contributed by atoms with E-state index in [-0.39, 0.29) is 12.4 Å². The van der Waals surface area contributed by atoms with E-state index in [1.54, 1.807) is 31.2 Å². The molecular weight excluding hydrogens is 529 g/mol. The van der Waals surface area contributed by atoms with Gasteiger partial charge in [-0.25, -0.2) is 9.18 Å². The molecule has 172 valence electrons. The Hall–Kier alpha value is -2.48. The van der Waals surface area contributed by atoms with Gasteiger partial charge in [0.15, 0.2) is 0 Å². The van der Waals surface area contributed by atoms with E-state index in [9.17, 15) is 4.79 Å². The number of benzene rings is 3. The van der Waals surface area contributed by atoms with Crippen LogP contribution in [0.3, 0.4) is 0 Å². The number of carbonyl (C=O) groups is 1. The normalized spacial score (nSPS) is 10.9. The number of halogens is 3. The zero-order valence-electron chi connectivity index (χ0n) is 18.0. The van der Waals surface area contributed by atoms with Crippen molar-refractivity contribution in [3.63, 3.8) is 0 Å². The summed E-state index contributed by atoms with van der Waals surface area (Å²) in [5.74, 6) is 0.279. The molecule has 3 rings (SSSR count). The van der Waals surface area contributed by atoms with Gasteiger partial charge in [-0.2, -0.15) is 0 Å². The van der Waals surface area contributed by atoms with Crippen molar-refractivity contribution < 1.29 is 18.7 Å². The van der Waals surface area contributed by atoms with Crippen molar-refractivity contribution in [2.24, 2.45) is 0 Å². The topological polar surface area (TPSA) is 47.6 Å². The van der Waals surface area contributed by atoms with E-state index in [0.717, 1.165) is 5.56 Å². The molecule has 3 aromatic carbocycles. The second-order valence-electron chi connectivity index (χ2n) is 6.82. The van der Waals surface area contributed by atoms with Crippen molar-refractivity contribution in [1.29, 1.82) is 0 Å². The lowest BCUT2D eigenvalue weighted by Crippen LogP contribution is -2.01. The van der Waals surface area contributed by atoms with E-state index in [1.165, 1.54) is 31.0 Å². The molecule has 0 bridgehead atoms. The third-order valence-electron chi connectivity index (χ3n) is 4.54. The predicted molar refractivity (Wildman–Crippen MR) is 137 cm³/mol. The van der Waals surface area contributed by atoms with Crippen LogP contribution < -0.4 is 10.1 Å². The van der Waals surface area contributed by atoms with Gasteiger partial charge >= 0.3 is 5.97 Å². The van der Waals surface area contributed by atoms with E-state index in [4.69, 9.17) is 21.1 Å². The molecule has 33 heavy (non-hydrogen) atoms. The Morgan fingerprint density at radius 2 is 1.94 bits per heavy atom. The third-order valence-corrected chi connectivity index (χ3v) is 6.84. The van der Waals surface area contributed by atoms with Gasteiger partial charge in [0.05, 0.1) is 24.4 Å². The Labute approximate surface area is 210 Å². The monoisotopic (exact) mass is 549 g/mol. The number of hydrogen-bond donors (Lipinski definition) is 1. The molecule has 0 radical (unpaired) electrons. The van der Waals surface area contributed by atoms with E-state index >= 15 is 4.39 Å². The number of thioether (sulfide) groups is 1. The Kier molecular flexibility index (Phi) is 9.23. The lowest BCUT2D eigenvalue weighted by Gasteiger charge is -2.16. The van der Waals surface area contributed by atoms with Crippen LogP contribution in [0.5, 0.6) is 5.75 Å². The Morgan fingerprint density at radius 1 is 1.18 bits per heavy atom. The SMILES string of the molecule is CCOC(=O)/C=C/c1cc(SCc2ccccc2)c(F)cc1Nc1cc(Cl)c(Br)cc1OC. The Morgan fingerprint density at radius 3 is 2.64 bits per heavy atom. The summed E-state index contributed by atoms with van der Waals surface area (Å²) in [5, 5.41) is 3.64. The number of nitrogens with one attached hydrogen (secondary N) is 1. The van der Waals surface area contributed by atoms with Crippen molar-refractivity contribution in [3.8, 4) is 5.75 Å². The molecule has 0 aromatic heterocycles. The average Bonchev–Trinajstić information content (AvgIpc) is 2.81. The number of methoxy groups -OCH3 is 1. The third kappa shape index (κ3) is 7.00. The van der Waals surface area contributed by atoms with E-state index in [2.05, 4.69) is 21.2 Å². The lowest BCUT2D eigenvalue weighted by molar-refractivity contribution is -0.137. The van der Waals surface area contributed by atoms with Crippen molar-refractivity contribution in [2.45, 2.75) is 17.6 Å². The fourth-order valence-corrected chi connectivity index (χ4v) is 4.36. The second kappa shape index (κ2) is 12.1. The summed E-state index contributed by atoms with van der Waals surface area (Å²) in [4.78, 5) is 12.3. The fraction of sp³-hybridized carbons (Fsp3) is 0.160. The summed E-state index contributed by atoms with van der Waals surface area (Å²) >= 11 is 11.0. The molecule has 0 saturated heterocycles.